The summed E-state index contributed by atoms with van der Waals surface area (Å²) in [6.45, 7) is 0. The van der Waals surface area contributed by atoms with Crippen LogP contribution in [0.25, 0.3) is 11.0 Å². The Hall–Kier alpha value is -2.57. The number of nitro benzene ring substituents is 1. The highest BCUT2D eigenvalue weighted by Gasteiger charge is 2.17. The van der Waals surface area contributed by atoms with Crippen molar-refractivity contribution in [3.8, 4) is 5.95 Å². The predicted molar refractivity (Wildman–Crippen MR) is 51.5 cm³/mol. The Morgan fingerprint density at radius 2 is 2.25 bits per heavy atom. The van der Waals surface area contributed by atoms with Gasteiger partial charge in [-0.15, -0.1) is 0 Å². The molecule has 0 aliphatic carbocycles. The molecule has 0 aliphatic heterocycles. The second-order valence-corrected chi connectivity index (χ2v) is 2.89. The Bertz CT molecular complexity index is 572. The summed E-state index contributed by atoms with van der Waals surface area (Å²) in [6, 6.07) is 5.56. The van der Waals surface area contributed by atoms with Gasteiger partial charge in [-0.3, -0.25) is 10.1 Å². The molecule has 1 N–H and O–H groups in total. The topological polar surface area (TPSA) is 103 Å². The molecule has 1 aromatic heterocycles. The number of furan rings is 1. The van der Waals surface area contributed by atoms with Crippen LogP contribution >= 0.6 is 0 Å². The molecule has 16 heavy (non-hydrogen) atoms. The number of nitrogens with zero attached hydrogens (tertiary/aromatic N) is 1. The summed E-state index contributed by atoms with van der Waals surface area (Å²) in [5.41, 5.74) is -0.249. The fourth-order valence-electron chi connectivity index (χ4n) is 1.30. The van der Waals surface area contributed by atoms with E-state index in [9.17, 15) is 14.9 Å². The minimum absolute atomic E-state index is 0.0104. The van der Waals surface area contributed by atoms with Gasteiger partial charge in [0.05, 0.1) is 4.92 Å². The molecule has 82 valence electrons. The second-order valence-electron chi connectivity index (χ2n) is 2.89. The maximum atomic E-state index is 10.6. The van der Waals surface area contributed by atoms with Gasteiger partial charge in [-0.1, -0.05) is 12.1 Å². The molecule has 2 rings (SSSR count). The SMILES string of the molecule is O=C(O)Oc1cc2cccc([N+](=O)[O-])c2o1. The zero-order valence-corrected chi connectivity index (χ0v) is 7.75. The van der Waals surface area contributed by atoms with Gasteiger partial charge in [0.1, 0.15) is 0 Å². The number of carboxylic acid groups (broad SMARTS) is 1. The first kappa shape index (κ1) is 9.97. The highest BCUT2D eigenvalue weighted by atomic mass is 16.7. The summed E-state index contributed by atoms with van der Waals surface area (Å²) in [7, 11) is 0. The summed E-state index contributed by atoms with van der Waals surface area (Å²) in [4.78, 5) is 20.3. The Morgan fingerprint density at radius 3 is 2.88 bits per heavy atom. The highest BCUT2D eigenvalue weighted by Crippen LogP contribution is 2.31. The van der Waals surface area contributed by atoms with Gasteiger partial charge < -0.3 is 14.3 Å². The molecule has 0 spiro atoms. The molecule has 0 unspecified atom stereocenters. The van der Waals surface area contributed by atoms with Gasteiger partial charge in [-0.05, 0) is 0 Å². The van der Waals surface area contributed by atoms with E-state index in [1.807, 2.05) is 0 Å². The van der Waals surface area contributed by atoms with Gasteiger partial charge >= 0.3 is 11.8 Å². The largest absolute Gasteiger partial charge is 0.513 e. The molecule has 0 aliphatic rings. The number of carbonyl (C=O) groups is 1. The number of ether oxygens (including phenoxy) is 1. The molecule has 0 saturated carbocycles. The lowest BCUT2D eigenvalue weighted by Crippen LogP contribution is -2.01. The molecule has 0 amide bonds. The molecule has 7 nitrogen and oxygen atoms in total. The van der Waals surface area contributed by atoms with Crippen molar-refractivity contribution in [2.45, 2.75) is 0 Å². The Balaban J connectivity index is 2.56. The second kappa shape index (κ2) is 3.54. The van der Waals surface area contributed by atoms with Crippen LogP contribution in [-0.2, 0) is 0 Å². The fraction of sp³-hybridized carbons (Fsp3) is 0. The monoisotopic (exact) mass is 223 g/mol. The fourth-order valence-corrected chi connectivity index (χ4v) is 1.30. The molecule has 2 aromatic rings. The van der Waals surface area contributed by atoms with Crippen LogP contribution in [0.2, 0.25) is 0 Å². The van der Waals surface area contributed by atoms with Crippen molar-refractivity contribution in [1.82, 2.24) is 0 Å². The van der Waals surface area contributed by atoms with Crippen LogP contribution < -0.4 is 4.74 Å². The summed E-state index contributed by atoms with van der Waals surface area (Å²) in [5.74, 6) is -0.295. The molecular weight excluding hydrogens is 218 g/mol. The number of para-hydroxylation sites is 1. The zero-order chi connectivity index (χ0) is 11.7. The molecule has 1 heterocycles. The highest BCUT2D eigenvalue weighted by molar-refractivity contribution is 5.87. The molecule has 0 radical (unpaired) electrons. The first-order valence-electron chi connectivity index (χ1n) is 4.15. The molecule has 0 fully saturated rings. The van der Waals surface area contributed by atoms with Gasteiger partial charge in [-0.25, -0.2) is 4.79 Å². The van der Waals surface area contributed by atoms with E-state index in [1.165, 1.54) is 18.2 Å². The quantitative estimate of drug-likeness (QED) is 0.476. The van der Waals surface area contributed by atoms with Crippen LogP contribution in [0.15, 0.2) is 28.7 Å². The molecule has 7 heteroatoms. The number of non-ortho nitro benzene ring substituents is 1. The lowest BCUT2D eigenvalue weighted by molar-refractivity contribution is -0.383. The van der Waals surface area contributed by atoms with E-state index < -0.39 is 11.1 Å². The number of benzene rings is 1. The zero-order valence-electron chi connectivity index (χ0n) is 7.75. The molecular formula is C9H5NO6. The molecule has 1 aromatic carbocycles. The number of hydrogen-bond donors (Lipinski definition) is 1. The van der Waals surface area contributed by atoms with Crippen molar-refractivity contribution in [2.75, 3.05) is 0 Å². The summed E-state index contributed by atoms with van der Waals surface area (Å²) in [6.07, 6.45) is -1.54. The van der Waals surface area contributed by atoms with Crippen LogP contribution in [0.1, 0.15) is 0 Å². The van der Waals surface area contributed by atoms with Gasteiger partial charge in [-0.2, -0.15) is 0 Å². The lowest BCUT2D eigenvalue weighted by Gasteiger charge is -1.92. The minimum Gasteiger partial charge on any atom is -0.449 e. The average Bonchev–Trinajstić information content (AvgIpc) is 2.57. The van der Waals surface area contributed by atoms with E-state index in [1.54, 1.807) is 6.07 Å². The third-order valence-electron chi connectivity index (χ3n) is 1.89. The van der Waals surface area contributed by atoms with Crippen molar-refractivity contribution in [1.29, 1.82) is 0 Å². The molecule has 0 bridgehead atoms. The van der Waals surface area contributed by atoms with Crippen molar-refractivity contribution in [2.24, 2.45) is 0 Å². The first-order chi connectivity index (χ1) is 7.58. The first-order valence-corrected chi connectivity index (χ1v) is 4.15. The third kappa shape index (κ3) is 1.65. The Kier molecular flexibility index (Phi) is 2.20. The third-order valence-corrected chi connectivity index (χ3v) is 1.89. The maximum absolute atomic E-state index is 10.6. The maximum Gasteiger partial charge on any atom is 0.513 e. The normalized spacial score (nSPS) is 10.2. The van der Waals surface area contributed by atoms with Crippen molar-refractivity contribution in [3.05, 3.63) is 34.4 Å². The van der Waals surface area contributed by atoms with Gasteiger partial charge in [0, 0.05) is 17.5 Å². The van der Waals surface area contributed by atoms with E-state index in [0.717, 1.165) is 0 Å². The summed E-state index contributed by atoms with van der Waals surface area (Å²) in [5, 5.41) is 19.4. The minimum atomic E-state index is -1.54. The van der Waals surface area contributed by atoms with Crippen LogP contribution in [0, 0.1) is 10.1 Å². The predicted octanol–water partition coefficient (Wildman–Crippen LogP) is 2.40. The van der Waals surface area contributed by atoms with E-state index in [-0.39, 0.29) is 17.2 Å². The number of hydrogen-bond acceptors (Lipinski definition) is 5. The van der Waals surface area contributed by atoms with Crippen LogP contribution in [0.4, 0.5) is 10.5 Å². The standard InChI is InChI=1S/C9H5NO6/c11-9(12)16-7-4-5-2-1-3-6(10(13)14)8(5)15-7/h1-4H,(H,11,12). The Morgan fingerprint density at radius 1 is 1.50 bits per heavy atom. The van der Waals surface area contributed by atoms with E-state index in [0.29, 0.717) is 5.39 Å². The van der Waals surface area contributed by atoms with E-state index in [2.05, 4.69) is 4.74 Å². The van der Waals surface area contributed by atoms with Gasteiger partial charge in [0.2, 0.25) is 5.58 Å². The average molecular weight is 223 g/mol. The molecule has 0 saturated heterocycles. The van der Waals surface area contributed by atoms with Crippen molar-refractivity contribution in [3.63, 3.8) is 0 Å². The number of nitro groups is 1. The summed E-state index contributed by atoms with van der Waals surface area (Å²) < 4.78 is 9.19. The van der Waals surface area contributed by atoms with Gasteiger partial charge in [0.15, 0.2) is 0 Å². The Labute approximate surface area is 88.0 Å². The van der Waals surface area contributed by atoms with Crippen LogP contribution in [-0.4, -0.2) is 16.2 Å². The van der Waals surface area contributed by atoms with Gasteiger partial charge in [0.25, 0.3) is 5.95 Å². The van der Waals surface area contributed by atoms with Crippen LogP contribution in [0.3, 0.4) is 0 Å². The van der Waals surface area contributed by atoms with E-state index >= 15 is 0 Å². The van der Waals surface area contributed by atoms with Crippen molar-refractivity contribution >= 4 is 22.8 Å². The molecule has 0 atom stereocenters. The van der Waals surface area contributed by atoms with Crippen molar-refractivity contribution < 1.29 is 24.0 Å². The van der Waals surface area contributed by atoms with E-state index in [4.69, 9.17) is 9.52 Å². The smallest absolute Gasteiger partial charge is 0.449 e. The summed E-state index contributed by atoms with van der Waals surface area (Å²) >= 11 is 0. The van der Waals surface area contributed by atoms with Crippen LogP contribution in [0.5, 0.6) is 5.95 Å². The number of fused-ring (bicyclic) bond motifs is 1. The number of rotatable bonds is 2. The lowest BCUT2D eigenvalue weighted by atomic mass is 10.2.